The average molecular weight is 374 g/mol. The first-order valence-corrected chi connectivity index (χ1v) is 7.13. The first-order valence-electron chi connectivity index (χ1n) is 5.55. The number of hydrogen-bond acceptors (Lipinski definition) is 2. The summed E-state index contributed by atoms with van der Waals surface area (Å²) in [7, 11) is 1.83. The Morgan fingerprint density at radius 1 is 1.28 bits per heavy atom. The number of aromatic nitrogens is 2. The fraction of sp³-hybridized carbons (Fsp3) is 0.308. The van der Waals surface area contributed by atoms with Crippen molar-refractivity contribution >= 4 is 31.9 Å². The maximum Gasteiger partial charge on any atom is 0.109 e. The van der Waals surface area contributed by atoms with E-state index < -0.39 is 5.60 Å². The lowest BCUT2D eigenvalue weighted by atomic mass is 9.93. The SMILES string of the molecule is Cn1ncc(Br)c1C(C)(O)Cc1ccc(Br)cc1. The first kappa shape index (κ1) is 13.8. The van der Waals surface area contributed by atoms with Gasteiger partial charge in [-0.15, -0.1) is 0 Å². The Labute approximate surface area is 123 Å². The molecule has 0 spiro atoms. The average Bonchev–Trinajstić information content (AvgIpc) is 2.62. The third kappa shape index (κ3) is 2.84. The molecule has 0 saturated carbocycles. The molecule has 1 aromatic carbocycles. The molecule has 0 radical (unpaired) electrons. The van der Waals surface area contributed by atoms with Gasteiger partial charge in [-0.25, -0.2) is 0 Å². The van der Waals surface area contributed by atoms with E-state index >= 15 is 0 Å². The molecule has 0 bridgehead atoms. The minimum Gasteiger partial charge on any atom is -0.383 e. The molecule has 0 aliphatic rings. The van der Waals surface area contributed by atoms with Gasteiger partial charge in [0.25, 0.3) is 0 Å². The van der Waals surface area contributed by atoms with Crippen molar-refractivity contribution in [3.63, 3.8) is 0 Å². The molecule has 2 aromatic rings. The van der Waals surface area contributed by atoms with Crippen LogP contribution in [0.1, 0.15) is 18.2 Å². The van der Waals surface area contributed by atoms with Crippen molar-refractivity contribution in [2.75, 3.05) is 0 Å². The molecule has 1 unspecified atom stereocenters. The van der Waals surface area contributed by atoms with Gasteiger partial charge in [-0.2, -0.15) is 5.10 Å². The van der Waals surface area contributed by atoms with E-state index in [1.165, 1.54) is 0 Å². The summed E-state index contributed by atoms with van der Waals surface area (Å²) in [6, 6.07) is 7.96. The van der Waals surface area contributed by atoms with E-state index in [1.807, 2.05) is 31.3 Å². The monoisotopic (exact) mass is 372 g/mol. The number of halogens is 2. The van der Waals surface area contributed by atoms with Crippen LogP contribution in [0, 0.1) is 0 Å². The molecule has 2 rings (SSSR count). The maximum atomic E-state index is 10.7. The predicted octanol–water partition coefficient (Wildman–Crippen LogP) is 3.40. The Balaban J connectivity index is 2.29. The quantitative estimate of drug-likeness (QED) is 0.895. The van der Waals surface area contributed by atoms with E-state index in [0.717, 1.165) is 20.2 Å². The molecule has 1 atom stereocenters. The molecule has 1 heterocycles. The number of hydrogen-bond donors (Lipinski definition) is 1. The van der Waals surface area contributed by atoms with Crippen LogP contribution < -0.4 is 0 Å². The van der Waals surface area contributed by atoms with E-state index in [9.17, 15) is 5.11 Å². The van der Waals surface area contributed by atoms with Gasteiger partial charge in [0, 0.05) is 17.9 Å². The van der Waals surface area contributed by atoms with Gasteiger partial charge in [-0.3, -0.25) is 4.68 Å². The van der Waals surface area contributed by atoms with Crippen LogP contribution >= 0.6 is 31.9 Å². The summed E-state index contributed by atoms with van der Waals surface area (Å²) in [6.45, 7) is 1.80. The second kappa shape index (κ2) is 5.15. The van der Waals surface area contributed by atoms with Crippen LogP contribution in [0.15, 0.2) is 39.4 Å². The molecule has 1 N–H and O–H groups in total. The van der Waals surface area contributed by atoms with Crippen molar-refractivity contribution in [1.82, 2.24) is 9.78 Å². The number of aliphatic hydroxyl groups is 1. The lowest BCUT2D eigenvalue weighted by Gasteiger charge is -2.24. The predicted molar refractivity (Wildman–Crippen MR) is 78.3 cm³/mol. The highest BCUT2D eigenvalue weighted by molar-refractivity contribution is 9.10. The Morgan fingerprint density at radius 3 is 2.39 bits per heavy atom. The number of benzene rings is 1. The molecular weight excluding hydrogens is 360 g/mol. The lowest BCUT2D eigenvalue weighted by Crippen LogP contribution is -2.27. The van der Waals surface area contributed by atoms with Gasteiger partial charge < -0.3 is 5.11 Å². The maximum absolute atomic E-state index is 10.7. The van der Waals surface area contributed by atoms with Gasteiger partial charge >= 0.3 is 0 Å². The van der Waals surface area contributed by atoms with Crippen molar-refractivity contribution < 1.29 is 5.11 Å². The molecule has 0 aliphatic carbocycles. The number of nitrogens with zero attached hydrogens (tertiary/aromatic N) is 2. The zero-order valence-corrected chi connectivity index (χ0v) is 13.4. The second-order valence-corrected chi connectivity index (χ2v) is 6.31. The normalized spacial score (nSPS) is 14.5. The zero-order valence-electron chi connectivity index (χ0n) is 10.2. The summed E-state index contributed by atoms with van der Waals surface area (Å²) in [5.74, 6) is 0. The second-order valence-electron chi connectivity index (χ2n) is 4.54. The Kier molecular flexibility index (Phi) is 3.94. The van der Waals surface area contributed by atoms with Crippen LogP contribution in [0.2, 0.25) is 0 Å². The Hall–Kier alpha value is -0.650. The Morgan fingerprint density at radius 2 is 1.89 bits per heavy atom. The van der Waals surface area contributed by atoms with Gasteiger partial charge in [0.1, 0.15) is 5.60 Å². The molecule has 1 aromatic heterocycles. The van der Waals surface area contributed by atoms with Gasteiger partial charge in [0.05, 0.1) is 16.4 Å². The summed E-state index contributed by atoms with van der Waals surface area (Å²) in [4.78, 5) is 0. The molecule has 0 fully saturated rings. The summed E-state index contributed by atoms with van der Waals surface area (Å²) in [5.41, 5.74) is 0.902. The third-order valence-electron chi connectivity index (χ3n) is 2.87. The largest absolute Gasteiger partial charge is 0.383 e. The van der Waals surface area contributed by atoms with Gasteiger partial charge in [0.2, 0.25) is 0 Å². The van der Waals surface area contributed by atoms with Crippen LogP contribution in [0.4, 0.5) is 0 Å². The number of aryl methyl sites for hydroxylation is 1. The third-order valence-corrected chi connectivity index (χ3v) is 3.97. The van der Waals surface area contributed by atoms with E-state index in [2.05, 4.69) is 37.0 Å². The van der Waals surface area contributed by atoms with E-state index in [-0.39, 0.29) is 0 Å². The highest BCUT2D eigenvalue weighted by Gasteiger charge is 2.29. The summed E-state index contributed by atoms with van der Waals surface area (Å²) >= 11 is 6.83. The van der Waals surface area contributed by atoms with Crippen molar-refractivity contribution in [1.29, 1.82) is 0 Å². The van der Waals surface area contributed by atoms with Crippen LogP contribution in [0.5, 0.6) is 0 Å². The summed E-state index contributed by atoms with van der Waals surface area (Å²) < 4.78 is 3.56. The molecule has 3 nitrogen and oxygen atoms in total. The summed E-state index contributed by atoms with van der Waals surface area (Å²) in [5, 5.41) is 14.8. The van der Waals surface area contributed by atoms with E-state index in [0.29, 0.717) is 6.42 Å². The Bertz CT molecular complexity index is 527. The van der Waals surface area contributed by atoms with Crippen LogP contribution in [-0.2, 0) is 19.1 Å². The smallest absolute Gasteiger partial charge is 0.109 e. The van der Waals surface area contributed by atoms with Crippen molar-refractivity contribution in [2.24, 2.45) is 7.05 Å². The van der Waals surface area contributed by atoms with Crippen molar-refractivity contribution in [3.8, 4) is 0 Å². The minimum atomic E-state index is -0.960. The highest BCUT2D eigenvalue weighted by atomic mass is 79.9. The molecule has 0 aliphatic heterocycles. The van der Waals surface area contributed by atoms with E-state index in [4.69, 9.17) is 0 Å². The van der Waals surface area contributed by atoms with Gasteiger partial charge in [0.15, 0.2) is 0 Å². The number of rotatable bonds is 3. The van der Waals surface area contributed by atoms with Gasteiger partial charge in [-0.1, -0.05) is 28.1 Å². The molecular formula is C13H14Br2N2O. The highest BCUT2D eigenvalue weighted by Crippen LogP contribution is 2.31. The topological polar surface area (TPSA) is 38.0 Å². The molecule has 5 heteroatoms. The zero-order chi connectivity index (χ0) is 13.3. The first-order chi connectivity index (χ1) is 8.40. The fourth-order valence-electron chi connectivity index (χ4n) is 2.10. The van der Waals surface area contributed by atoms with Crippen LogP contribution in [0.25, 0.3) is 0 Å². The lowest BCUT2D eigenvalue weighted by molar-refractivity contribution is 0.0482. The van der Waals surface area contributed by atoms with Crippen molar-refractivity contribution in [2.45, 2.75) is 18.9 Å². The fourth-order valence-corrected chi connectivity index (χ4v) is 3.14. The van der Waals surface area contributed by atoms with Gasteiger partial charge in [-0.05, 0) is 40.5 Å². The van der Waals surface area contributed by atoms with Crippen molar-refractivity contribution in [3.05, 3.63) is 50.7 Å². The molecule has 96 valence electrons. The van der Waals surface area contributed by atoms with Crippen LogP contribution in [-0.4, -0.2) is 14.9 Å². The standard InChI is InChI=1S/C13H14Br2N2O/c1-13(18,12-11(15)8-16-17(12)2)7-9-3-5-10(14)6-4-9/h3-6,8,18H,7H2,1-2H3. The van der Waals surface area contributed by atoms with E-state index in [1.54, 1.807) is 17.8 Å². The van der Waals surface area contributed by atoms with Crippen LogP contribution in [0.3, 0.4) is 0 Å². The molecule has 0 amide bonds. The summed E-state index contributed by atoms with van der Waals surface area (Å²) in [6.07, 6.45) is 2.24. The molecule has 0 saturated heterocycles. The minimum absolute atomic E-state index is 0.540. The molecule has 18 heavy (non-hydrogen) atoms.